The van der Waals surface area contributed by atoms with Crippen molar-refractivity contribution >= 4 is 28.7 Å². The lowest BCUT2D eigenvalue weighted by Crippen LogP contribution is -2.39. The fraction of sp³-hybridized carbons (Fsp3) is 0.438. The Morgan fingerprint density at radius 1 is 1.41 bits per heavy atom. The highest BCUT2D eigenvalue weighted by Crippen LogP contribution is 2.30. The summed E-state index contributed by atoms with van der Waals surface area (Å²) in [4.78, 5) is 24.1. The number of aryl methyl sites for hydroxylation is 1. The summed E-state index contributed by atoms with van der Waals surface area (Å²) in [6.45, 7) is 7.66. The highest BCUT2D eigenvalue weighted by molar-refractivity contribution is 7.13. The highest BCUT2D eigenvalue weighted by Gasteiger charge is 2.26. The zero-order valence-corrected chi connectivity index (χ0v) is 13.9. The number of carbonyl (C=O) groups is 1. The van der Waals surface area contributed by atoms with Crippen LogP contribution in [-0.2, 0) is 6.42 Å². The van der Waals surface area contributed by atoms with E-state index in [1.165, 1.54) is 11.3 Å². The molecule has 0 aromatic carbocycles. The molecule has 1 aliphatic rings. The van der Waals surface area contributed by atoms with Crippen LogP contribution in [0.25, 0.3) is 0 Å². The molecule has 1 amide bonds. The minimum atomic E-state index is 0.0163. The molecule has 3 rings (SSSR count). The van der Waals surface area contributed by atoms with Crippen LogP contribution in [0, 0.1) is 12.8 Å². The molecule has 0 aliphatic carbocycles. The number of amides is 1. The Bertz CT molecular complexity index is 695. The van der Waals surface area contributed by atoms with Gasteiger partial charge in [-0.2, -0.15) is 0 Å². The number of thiazole rings is 1. The Kier molecular flexibility index (Phi) is 4.11. The molecule has 2 aromatic heterocycles. The van der Waals surface area contributed by atoms with Crippen molar-refractivity contribution in [2.45, 2.75) is 27.2 Å². The third-order valence-corrected chi connectivity index (χ3v) is 4.52. The van der Waals surface area contributed by atoms with E-state index in [-0.39, 0.29) is 5.91 Å². The predicted molar refractivity (Wildman–Crippen MR) is 89.8 cm³/mol. The topological polar surface area (TPSA) is 58.1 Å². The van der Waals surface area contributed by atoms with E-state index in [4.69, 9.17) is 0 Å². The summed E-state index contributed by atoms with van der Waals surface area (Å²) in [6, 6.07) is 2.00. The molecule has 3 heterocycles. The number of carbonyl (C=O) groups excluding carboxylic acids is 1. The molecule has 0 radical (unpaired) electrons. The zero-order valence-electron chi connectivity index (χ0n) is 13.1. The maximum Gasteiger partial charge on any atom is 0.270 e. The van der Waals surface area contributed by atoms with Gasteiger partial charge in [0.25, 0.3) is 5.91 Å². The summed E-state index contributed by atoms with van der Waals surface area (Å²) in [7, 11) is 0. The van der Waals surface area contributed by atoms with E-state index in [9.17, 15) is 4.79 Å². The van der Waals surface area contributed by atoms with Gasteiger partial charge in [-0.1, -0.05) is 13.8 Å². The minimum absolute atomic E-state index is 0.0163. The van der Waals surface area contributed by atoms with Gasteiger partial charge in [0.2, 0.25) is 0 Å². The first-order chi connectivity index (χ1) is 10.5. The lowest BCUT2D eigenvalue weighted by atomic mass is 10.1. The van der Waals surface area contributed by atoms with Crippen molar-refractivity contribution in [3.63, 3.8) is 0 Å². The summed E-state index contributed by atoms with van der Waals surface area (Å²) in [5, 5.41) is 4.26. The van der Waals surface area contributed by atoms with Crippen LogP contribution in [0.4, 0.5) is 11.5 Å². The smallest absolute Gasteiger partial charge is 0.270 e. The molecule has 0 saturated carbocycles. The Hall–Kier alpha value is -1.95. The van der Waals surface area contributed by atoms with E-state index in [2.05, 4.69) is 29.1 Å². The first kappa shape index (κ1) is 15.0. The molecule has 5 nitrogen and oxygen atoms in total. The van der Waals surface area contributed by atoms with E-state index < -0.39 is 0 Å². The number of hydrogen-bond donors (Lipinski definition) is 1. The van der Waals surface area contributed by atoms with Crippen LogP contribution in [0.1, 0.15) is 34.1 Å². The highest BCUT2D eigenvalue weighted by atomic mass is 32.1. The van der Waals surface area contributed by atoms with E-state index in [0.29, 0.717) is 23.9 Å². The SMILES string of the molecule is Cc1cnc2c(c1)N(C(=O)c1cnc(CC(C)C)s1)CCN2. The lowest BCUT2D eigenvalue weighted by molar-refractivity contribution is 0.0991. The quantitative estimate of drug-likeness (QED) is 0.945. The van der Waals surface area contributed by atoms with Crippen molar-refractivity contribution in [1.82, 2.24) is 9.97 Å². The largest absolute Gasteiger partial charge is 0.367 e. The Labute approximate surface area is 134 Å². The Morgan fingerprint density at radius 3 is 3.00 bits per heavy atom. The summed E-state index contributed by atoms with van der Waals surface area (Å²) in [5.41, 5.74) is 1.90. The number of rotatable bonds is 3. The van der Waals surface area contributed by atoms with Crippen LogP contribution < -0.4 is 10.2 Å². The second-order valence-electron chi connectivity index (χ2n) is 5.98. The maximum absolute atomic E-state index is 12.8. The van der Waals surface area contributed by atoms with Crippen LogP contribution in [-0.4, -0.2) is 29.0 Å². The van der Waals surface area contributed by atoms with Crippen molar-refractivity contribution in [2.75, 3.05) is 23.3 Å². The van der Waals surface area contributed by atoms with E-state index >= 15 is 0 Å². The minimum Gasteiger partial charge on any atom is -0.367 e. The number of hydrogen-bond acceptors (Lipinski definition) is 5. The fourth-order valence-electron chi connectivity index (χ4n) is 2.50. The molecule has 1 aliphatic heterocycles. The van der Waals surface area contributed by atoms with Crippen LogP contribution in [0.3, 0.4) is 0 Å². The van der Waals surface area contributed by atoms with Crippen LogP contribution >= 0.6 is 11.3 Å². The van der Waals surface area contributed by atoms with E-state index in [1.807, 2.05) is 19.2 Å². The monoisotopic (exact) mass is 316 g/mol. The summed E-state index contributed by atoms with van der Waals surface area (Å²) in [6.07, 6.45) is 4.43. The number of fused-ring (bicyclic) bond motifs is 1. The molecule has 1 N–H and O–H groups in total. The van der Waals surface area contributed by atoms with Crippen molar-refractivity contribution in [3.05, 3.63) is 33.9 Å². The number of pyridine rings is 1. The molecule has 0 saturated heterocycles. The molecular weight excluding hydrogens is 296 g/mol. The predicted octanol–water partition coefficient (Wildman–Crippen LogP) is 3.12. The summed E-state index contributed by atoms with van der Waals surface area (Å²) < 4.78 is 0. The van der Waals surface area contributed by atoms with Gasteiger partial charge >= 0.3 is 0 Å². The molecule has 0 fully saturated rings. The molecule has 0 spiro atoms. The van der Waals surface area contributed by atoms with Gasteiger partial charge in [0.1, 0.15) is 10.7 Å². The van der Waals surface area contributed by atoms with Crippen molar-refractivity contribution in [2.24, 2.45) is 5.92 Å². The van der Waals surface area contributed by atoms with Gasteiger partial charge < -0.3 is 10.2 Å². The van der Waals surface area contributed by atoms with Gasteiger partial charge in [-0.3, -0.25) is 4.79 Å². The van der Waals surface area contributed by atoms with Gasteiger partial charge in [-0.15, -0.1) is 11.3 Å². The van der Waals surface area contributed by atoms with Gasteiger partial charge in [0.05, 0.1) is 16.9 Å². The average Bonchev–Trinajstić information content (AvgIpc) is 2.93. The Morgan fingerprint density at radius 2 is 2.23 bits per heavy atom. The zero-order chi connectivity index (χ0) is 15.7. The number of nitrogens with zero attached hydrogens (tertiary/aromatic N) is 3. The lowest BCUT2D eigenvalue weighted by Gasteiger charge is -2.29. The van der Waals surface area contributed by atoms with Crippen molar-refractivity contribution in [3.8, 4) is 0 Å². The third-order valence-electron chi connectivity index (χ3n) is 3.52. The maximum atomic E-state index is 12.8. The Balaban J connectivity index is 1.87. The second kappa shape index (κ2) is 6.04. The van der Waals surface area contributed by atoms with Gasteiger partial charge in [0, 0.05) is 25.7 Å². The fourth-order valence-corrected chi connectivity index (χ4v) is 3.58. The van der Waals surface area contributed by atoms with E-state index in [0.717, 1.165) is 28.5 Å². The van der Waals surface area contributed by atoms with Crippen molar-refractivity contribution in [1.29, 1.82) is 0 Å². The molecule has 0 unspecified atom stereocenters. The number of nitrogens with one attached hydrogen (secondary N) is 1. The normalized spacial score (nSPS) is 13.9. The molecule has 0 bridgehead atoms. The first-order valence-corrected chi connectivity index (χ1v) is 8.33. The first-order valence-electron chi connectivity index (χ1n) is 7.51. The second-order valence-corrected chi connectivity index (χ2v) is 7.10. The number of anilines is 2. The third kappa shape index (κ3) is 2.97. The van der Waals surface area contributed by atoms with Crippen LogP contribution in [0.15, 0.2) is 18.5 Å². The molecule has 116 valence electrons. The molecular formula is C16H20N4OS. The summed E-state index contributed by atoms with van der Waals surface area (Å²) >= 11 is 1.50. The molecule has 0 atom stereocenters. The van der Waals surface area contributed by atoms with Crippen LogP contribution in [0.5, 0.6) is 0 Å². The molecule has 22 heavy (non-hydrogen) atoms. The average molecular weight is 316 g/mol. The molecule has 6 heteroatoms. The van der Waals surface area contributed by atoms with E-state index in [1.54, 1.807) is 11.1 Å². The standard InChI is InChI=1S/C16H20N4OS/c1-10(2)6-14-18-9-13(22-14)16(21)20-5-4-17-15-12(20)7-11(3)8-19-15/h7-10H,4-6H2,1-3H3,(H,17,19). The van der Waals surface area contributed by atoms with Gasteiger partial charge in [-0.05, 0) is 24.5 Å². The van der Waals surface area contributed by atoms with Crippen molar-refractivity contribution < 1.29 is 4.79 Å². The van der Waals surface area contributed by atoms with Gasteiger partial charge in [0.15, 0.2) is 0 Å². The van der Waals surface area contributed by atoms with Crippen LogP contribution in [0.2, 0.25) is 0 Å². The number of aromatic nitrogens is 2. The summed E-state index contributed by atoms with van der Waals surface area (Å²) in [5.74, 6) is 1.33. The molecule has 2 aromatic rings. The van der Waals surface area contributed by atoms with Gasteiger partial charge in [-0.25, -0.2) is 9.97 Å².